The zero-order valence-corrected chi connectivity index (χ0v) is 14.7. The Kier molecular flexibility index (Phi) is 8.54. The highest BCUT2D eigenvalue weighted by molar-refractivity contribution is 5.94. The van der Waals surface area contributed by atoms with E-state index in [4.69, 9.17) is 4.74 Å². The van der Waals surface area contributed by atoms with Gasteiger partial charge < -0.3 is 15.4 Å². The molecule has 0 atom stereocenters. The molecule has 1 aromatic heterocycles. The van der Waals surface area contributed by atoms with E-state index in [0.29, 0.717) is 18.1 Å². The molecule has 2 heterocycles. The molecule has 2 aromatic rings. The van der Waals surface area contributed by atoms with Crippen LogP contribution < -0.4 is 15.4 Å². The summed E-state index contributed by atoms with van der Waals surface area (Å²) in [7, 11) is 0. The monoisotopic (exact) mass is 369 g/mol. The molecule has 1 aliphatic heterocycles. The molecule has 1 aliphatic rings. The van der Waals surface area contributed by atoms with Crippen molar-refractivity contribution < 1.29 is 9.53 Å². The first-order valence-electron chi connectivity index (χ1n) is 7.43. The number of nitrogens with zero attached hydrogens (tertiary/aromatic N) is 1. The van der Waals surface area contributed by atoms with Crippen LogP contribution in [0.2, 0.25) is 0 Å². The fraction of sp³-hybridized carbons (Fsp3) is 0.294. The highest BCUT2D eigenvalue weighted by atomic mass is 35.5. The molecule has 24 heavy (non-hydrogen) atoms. The first kappa shape index (κ1) is 20.2. The van der Waals surface area contributed by atoms with Crippen molar-refractivity contribution in [1.82, 2.24) is 15.6 Å². The number of hydrogen-bond acceptors (Lipinski definition) is 4. The van der Waals surface area contributed by atoms with Gasteiger partial charge in [0.1, 0.15) is 12.4 Å². The van der Waals surface area contributed by atoms with E-state index < -0.39 is 0 Å². The number of carbonyl (C=O) groups excluding carboxylic acids is 1. The molecule has 1 fully saturated rings. The minimum Gasteiger partial charge on any atom is -0.487 e. The number of aromatic nitrogens is 1. The van der Waals surface area contributed by atoms with Gasteiger partial charge in [-0.15, -0.1) is 24.8 Å². The summed E-state index contributed by atoms with van der Waals surface area (Å²) in [5.41, 5.74) is 1.52. The van der Waals surface area contributed by atoms with Crippen molar-refractivity contribution in [3.05, 3.63) is 59.9 Å². The summed E-state index contributed by atoms with van der Waals surface area (Å²) in [5.74, 6) is 1.25. The molecule has 1 amide bonds. The number of hydrogen-bond donors (Lipinski definition) is 2. The summed E-state index contributed by atoms with van der Waals surface area (Å²) >= 11 is 0. The van der Waals surface area contributed by atoms with Gasteiger partial charge in [-0.25, -0.2) is 0 Å². The van der Waals surface area contributed by atoms with Gasteiger partial charge in [-0.2, -0.15) is 0 Å². The van der Waals surface area contributed by atoms with Gasteiger partial charge in [0.2, 0.25) is 0 Å². The Balaban J connectivity index is 0.00000144. The lowest BCUT2D eigenvalue weighted by molar-refractivity contribution is 0.0942. The molecule has 1 saturated heterocycles. The van der Waals surface area contributed by atoms with Gasteiger partial charge in [-0.1, -0.05) is 6.07 Å². The van der Waals surface area contributed by atoms with Gasteiger partial charge in [0.15, 0.2) is 0 Å². The molecule has 5 nitrogen and oxygen atoms in total. The second kappa shape index (κ2) is 10.1. The number of benzene rings is 1. The maximum atomic E-state index is 12.0. The van der Waals surface area contributed by atoms with Crippen molar-refractivity contribution in [3.63, 3.8) is 0 Å². The minimum absolute atomic E-state index is 0. The van der Waals surface area contributed by atoms with Crippen LogP contribution in [0.15, 0.2) is 48.7 Å². The summed E-state index contributed by atoms with van der Waals surface area (Å²) in [6, 6.07) is 12.9. The summed E-state index contributed by atoms with van der Waals surface area (Å²) in [6.45, 7) is 3.12. The average Bonchev–Trinajstić information content (AvgIpc) is 2.53. The number of nitrogens with one attached hydrogen (secondary N) is 2. The maximum Gasteiger partial charge on any atom is 0.251 e. The van der Waals surface area contributed by atoms with Crippen LogP contribution in [0.5, 0.6) is 5.75 Å². The van der Waals surface area contributed by atoms with Gasteiger partial charge in [0, 0.05) is 37.3 Å². The number of amides is 1. The van der Waals surface area contributed by atoms with Crippen molar-refractivity contribution >= 4 is 30.7 Å². The normalized spacial score (nSPS) is 13.0. The van der Waals surface area contributed by atoms with E-state index in [-0.39, 0.29) is 30.7 Å². The zero-order chi connectivity index (χ0) is 15.2. The first-order valence-corrected chi connectivity index (χ1v) is 7.43. The fourth-order valence-corrected chi connectivity index (χ4v) is 2.18. The van der Waals surface area contributed by atoms with E-state index in [1.807, 2.05) is 30.3 Å². The second-order valence-electron chi connectivity index (χ2n) is 5.37. The molecule has 0 unspecified atom stereocenters. The molecular weight excluding hydrogens is 349 g/mol. The van der Waals surface area contributed by atoms with Crippen molar-refractivity contribution in [2.45, 2.75) is 6.61 Å². The average molecular weight is 370 g/mol. The van der Waals surface area contributed by atoms with E-state index in [9.17, 15) is 4.79 Å². The van der Waals surface area contributed by atoms with Gasteiger partial charge in [0.05, 0.1) is 5.69 Å². The molecule has 7 heteroatoms. The molecule has 0 saturated carbocycles. The Morgan fingerprint density at radius 3 is 2.50 bits per heavy atom. The largest absolute Gasteiger partial charge is 0.487 e. The number of rotatable bonds is 6. The molecule has 2 N–H and O–H groups in total. The summed E-state index contributed by atoms with van der Waals surface area (Å²) < 4.78 is 5.65. The van der Waals surface area contributed by atoms with Gasteiger partial charge >= 0.3 is 0 Å². The van der Waals surface area contributed by atoms with E-state index in [2.05, 4.69) is 15.6 Å². The van der Waals surface area contributed by atoms with Crippen LogP contribution in [-0.2, 0) is 6.61 Å². The molecule has 0 radical (unpaired) electrons. The van der Waals surface area contributed by atoms with Crippen LogP contribution >= 0.6 is 24.8 Å². The molecule has 1 aromatic carbocycles. The molecular formula is C17H21Cl2N3O2. The fourth-order valence-electron chi connectivity index (χ4n) is 2.18. The number of carbonyl (C=O) groups is 1. The quantitative estimate of drug-likeness (QED) is 0.820. The third-order valence-corrected chi connectivity index (χ3v) is 3.65. The predicted molar refractivity (Wildman–Crippen MR) is 98.2 cm³/mol. The maximum absolute atomic E-state index is 12.0. The van der Waals surface area contributed by atoms with Crippen LogP contribution in [0.4, 0.5) is 0 Å². The molecule has 130 valence electrons. The number of pyridine rings is 1. The Morgan fingerprint density at radius 1 is 1.17 bits per heavy atom. The molecule has 0 spiro atoms. The van der Waals surface area contributed by atoms with Crippen molar-refractivity contribution in [1.29, 1.82) is 0 Å². The van der Waals surface area contributed by atoms with E-state index >= 15 is 0 Å². The van der Waals surface area contributed by atoms with E-state index in [1.165, 1.54) is 0 Å². The van der Waals surface area contributed by atoms with Crippen molar-refractivity contribution in [2.75, 3.05) is 19.6 Å². The van der Waals surface area contributed by atoms with Crippen LogP contribution in [0.1, 0.15) is 16.1 Å². The Bertz CT molecular complexity index is 619. The topological polar surface area (TPSA) is 63.2 Å². The predicted octanol–water partition coefficient (Wildman–Crippen LogP) is 2.45. The highest BCUT2D eigenvalue weighted by Crippen LogP contribution is 2.14. The standard InChI is InChI=1S/C17H19N3O2.2ClH/c21-17(20-11-13-9-18-10-13)14-4-6-16(7-5-14)22-12-15-3-1-2-8-19-15;;/h1-8,13,18H,9-12H2,(H,20,21);2*1H. The number of halogens is 2. The highest BCUT2D eigenvalue weighted by Gasteiger charge is 2.17. The van der Waals surface area contributed by atoms with Crippen molar-refractivity contribution in [3.8, 4) is 5.75 Å². The minimum atomic E-state index is -0.0387. The smallest absolute Gasteiger partial charge is 0.251 e. The third-order valence-electron chi connectivity index (χ3n) is 3.65. The van der Waals surface area contributed by atoms with Gasteiger partial charge in [-0.05, 0) is 36.4 Å². The zero-order valence-electron chi connectivity index (χ0n) is 13.1. The lowest BCUT2D eigenvalue weighted by Gasteiger charge is -2.27. The molecule has 3 rings (SSSR count). The van der Waals surface area contributed by atoms with Crippen LogP contribution in [-0.4, -0.2) is 30.5 Å². The van der Waals surface area contributed by atoms with Crippen LogP contribution in [0, 0.1) is 5.92 Å². The SMILES string of the molecule is Cl.Cl.O=C(NCC1CNC1)c1ccc(OCc2ccccn2)cc1. The second-order valence-corrected chi connectivity index (χ2v) is 5.37. The lowest BCUT2D eigenvalue weighted by atomic mass is 10.0. The van der Waals surface area contributed by atoms with Gasteiger partial charge in [-0.3, -0.25) is 9.78 Å². The Hall–Kier alpha value is -1.82. The van der Waals surface area contributed by atoms with E-state index in [0.717, 1.165) is 31.1 Å². The first-order chi connectivity index (χ1) is 10.8. The third kappa shape index (κ3) is 5.67. The lowest BCUT2D eigenvalue weighted by Crippen LogP contribution is -2.48. The molecule has 0 bridgehead atoms. The summed E-state index contributed by atoms with van der Waals surface area (Å²) in [5, 5.41) is 6.14. The Labute approximate surface area is 154 Å². The van der Waals surface area contributed by atoms with Gasteiger partial charge in [0.25, 0.3) is 5.91 Å². The summed E-state index contributed by atoms with van der Waals surface area (Å²) in [4.78, 5) is 16.2. The van der Waals surface area contributed by atoms with Crippen LogP contribution in [0.3, 0.4) is 0 Å². The van der Waals surface area contributed by atoms with Crippen molar-refractivity contribution in [2.24, 2.45) is 5.92 Å². The number of ether oxygens (including phenoxy) is 1. The Morgan fingerprint density at radius 2 is 1.92 bits per heavy atom. The summed E-state index contributed by atoms with van der Waals surface area (Å²) in [6.07, 6.45) is 1.74. The van der Waals surface area contributed by atoms with Crippen LogP contribution in [0.25, 0.3) is 0 Å². The molecule has 0 aliphatic carbocycles. The van der Waals surface area contributed by atoms with E-state index in [1.54, 1.807) is 18.3 Å².